The number of amides is 1. The SMILES string of the molecule is CCC(CC#N)NC(=O)c1cc(F)ccc1Br. The van der Waals surface area contributed by atoms with Crippen molar-refractivity contribution >= 4 is 21.8 Å². The average molecular weight is 299 g/mol. The average Bonchev–Trinajstić information content (AvgIpc) is 2.31. The predicted octanol–water partition coefficient (Wildman–Crippen LogP) is 3.01. The summed E-state index contributed by atoms with van der Waals surface area (Å²) in [7, 11) is 0. The van der Waals surface area contributed by atoms with Crippen molar-refractivity contribution in [1.82, 2.24) is 5.32 Å². The molecule has 5 heteroatoms. The third kappa shape index (κ3) is 3.82. The summed E-state index contributed by atoms with van der Waals surface area (Å²) < 4.78 is 13.6. The first kappa shape index (κ1) is 13.7. The highest BCUT2D eigenvalue weighted by Gasteiger charge is 2.15. The molecule has 0 saturated carbocycles. The van der Waals surface area contributed by atoms with E-state index >= 15 is 0 Å². The third-order valence-electron chi connectivity index (χ3n) is 2.34. The predicted molar refractivity (Wildman–Crippen MR) is 65.9 cm³/mol. The lowest BCUT2D eigenvalue weighted by molar-refractivity contribution is 0.0935. The van der Waals surface area contributed by atoms with Crippen molar-refractivity contribution in [3.05, 3.63) is 34.1 Å². The van der Waals surface area contributed by atoms with Crippen LogP contribution in [0.25, 0.3) is 0 Å². The maximum atomic E-state index is 13.0. The van der Waals surface area contributed by atoms with E-state index in [9.17, 15) is 9.18 Å². The minimum Gasteiger partial charge on any atom is -0.348 e. The van der Waals surface area contributed by atoms with Gasteiger partial charge in [-0.1, -0.05) is 6.92 Å². The van der Waals surface area contributed by atoms with E-state index in [0.29, 0.717) is 10.9 Å². The van der Waals surface area contributed by atoms with Crippen LogP contribution in [-0.2, 0) is 0 Å². The van der Waals surface area contributed by atoms with Crippen LogP contribution in [0.2, 0.25) is 0 Å². The zero-order valence-corrected chi connectivity index (χ0v) is 10.9. The minimum absolute atomic E-state index is 0.206. The molecule has 0 fully saturated rings. The molecule has 17 heavy (non-hydrogen) atoms. The van der Waals surface area contributed by atoms with Crippen LogP contribution in [0.15, 0.2) is 22.7 Å². The molecule has 0 radical (unpaired) electrons. The Labute approximate surface area is 108 Å². The quantitative estimate of drug-likeness (QED) is 0.929. The zero-order chi connectivity index (χ0) is 12.8. The van der Waals surface area contributed by atoms with Crippen molar-refractivity contribution in [2.45, 2.75) is 25.8 Å². The molecule has 0 spiro atoms. The van der Waals surface area contributed by atoms with Crippen molar-refractivity contribution in [2.75, 3.05) is 0 Å². The Morgan fingerprint density at radius 3 is 2.94 bits per heavy atom. The maximum absolute atomic E-state index is 13.0. The molecule has 90 valence electrons. The molecule has 1 aromatic rings. The number of rotatable bonds is 4. The number of halogens is 2. The first-order valence-corrected chi connectivity index (χ1v) is 6.00. The molecule has 0 heterocycles. The second-order valence-corrected chi connectivity index (χ2v) is 4.42. The number of carbonyl (C=O) groups excluding carboxylic acids is 1. The van der Waals surface area contributed by atoms with Crippen molar-refractivity contribution in [3.63, 3.8) is 0 Å². The lowest BCUT2D eigenvalue weighted by atomic mass is 10.1. The van der Waals surface area contributed by atoms with Crippen molar-refractivity contribution in [2.24, 2.45) is 0 Å². The van der Waals surface area contributed by atoms with Gasteiger partial charge in [0.15, 0.2) is 0 Å². The van der Waals surface area contributed by atoms with Gasteiger partial charge in [0.1, 0.15) is 5.82 Å². The van der Waals surface area contributed by atoms with Gasteiger partial charge in [0.25, 0.3) is 5.91 Å². The van der Waals surface area contributed by atoms with E-state index in [1.54, 1.807) is 0 Å². The van der Waals surface area contributed by atoms with E-state index in [4.69, 9.17) is 5.26 Å². The summed E-state index contributed by atoms with van der Waals surface area (Å²) in [5.41, 5.74) is 0.237. The molecule has 0 aliphatic carbocycles. The monoisotopic (exact) mass is 298 g/mol. The molecule has 1 atom stereocenters. The molecular weight excluding hydrogens is 287 g/mol. The normalized spacial score (nSPS) is 11.6. The third-order valence-corrected chi connectivity index (χ3v) is 3.03. The van der Waals surface area contributed by atoms with Crippen LogP contribution in [0.1, 0.15) is 30.1 Å². The molecule has 0 bridgehead atoms. The maximum Gasteiger partial charge on any atom is 0.252 e. The molecule has 1 aromatic carbocycles. The van der Waals surface area contributed by atoms with Gasteiger partial charge in [-0.3, -0.25) is 4.79 Å². The van der Waals surface area contributed by atoms with Crippen LogP contribution >= 0.6 is 15.9 Å². The second kappa shape index (κ2) is 6.36. The van der Waals surface area contributed by atoms with E-state index in [1.807, 2.05) is 13.0 Å². The summed E-state index contributed by atoms with van der Waals surface area (Å²) in [6.07, 6.45) is 0.904. The standard InChI is InChI=1S/C12H12BrFN2O/c1-2-9(5-6-15)16-12(17)10-7-8(14)3-4-11(10)13/h3-4,7,9H,2,5H2,1H3,(H,16,17). The molecule has 0 aliphatic rings. The number of nitrogens with one attached hydrogen (secondary N) is 1. The Morgan fingerprint density at radius 2 is 2.35 bits per heavy atom. The second-order valence-electron chi connectivity index (χ2n) is 3.57. The molecule has 0 aliphatic heterocycles. The Morgan fingerprint density at radius 1 is 1.65 bits per heavy atom. The Bertz CT molecular complexity index is 456. The van der Waals surface area contributed by atoms with E-state index < -0.39 is 5.82 Å². The van der Waals surface area contributed by atoms with Crippen molar-refractivity contribution in [3.8, 4) is 6.07 Å². The summed E-state index contributed by atoms with van der Waals surface area (Å²) in [6, 6.07) is 5.71. The fourth-order valence-corrected chi connectivity index (χ4v) is 1.77. The van der Waals surface area contributed by atoms with Crippen LogP contribution in [0.3, 0.4) is 0 Å². The van der Waals surface area contributed by atoms with Crippen molar-refractivity contribution in [1.29, 1.82) is 5.26 Å². The van der Waals surface area contributed by atoms with Gasteiger partial charge >= 0.3 is 0 Å². The number of benzene rings is 1. The topological polar surface area (TPSA) is 52.9 Å². The molecule has 1 rings (SSSR count). The lowest BCUT2D eigenvalue weighted by Crippen LogP contribution is -2.34. The van der Waals surface area contributed by atoms with Gasteiger partial charge in [0, 0.05) is 10.5 Å². The fourth-order valence-electron chi connectivity index (χ4n) is 1.34. The van der Waals surface area contributed by atoms with E-state index in [-0.39, 0.29) is 23.9 Å². The molecule has 1 N–H and O–H groups in total. The number of nitrogens with zero attached hydrogens (tertiary/aromatic N) is 1. The number of nitriles is 1. The number of hydrogen-bond donors (Lipinski definition) is 1. The number of hydrogen-bond acceptors (Lipinski definition) is 2. The summed E-state index contributed by atoms with van der Waals surface area (Å²) in [4.78, 5) is 11.8. The molecular formula is C12H12BrFN2O. The fraction of sp³-hybridized carbons (Fsp3) is 0.333. The zero-order valence-electron chi connectivity index (χ0n) is 9.34. The van der Waals surface area contributed by atoms with Crippen LogP contribution < -0.4 is 5.32 Å². The van der Waals surface area contributed by atoms with Gasteiger partial charge in [-0.2, -0.15) is 5.26 Å². The highest BCUT2D eigenvalue weighted by Crippen LogP contribution is 2.18. The van der Waals surface area contributed by atoms with Gasteiger partial charge in [0.05, 0.1) is 18.1 Å². The van der Waals surface area contributed by atoms with Gasteiger partial charge in [-0.05, 0) is 40.5 Å². The highest BCUT2D eigenvalue weighted by atomic mass is 79.9. The molecule has 0 saturated heterocycles. The first-order valence-electron chi connectivity index (χ1n) is 5.21. The minimum atomic E-state index is -0.466. The lowest BCUT2D eigenvalue weighted by Gasteiger charge is -2.14. The van der Waals surface area contributed by atoms with Crippen molar-refractivity contribution < 1.29 is 9.18 Å². The van der Waals surface area contributed by atoms with E-state index in [0.717, 1.165) is 0 Å². The highest BCUT2D eigenvalue weighted by molar-refractivity contribution is 9.10. The van der Waals surface area contributed by atoms with Crippen LogP contribution in [-0.4, -0.2) is 11.9 Å². The van der Waals surface area contributed by atoms with Gasteiger partial charge in [-0.25, -0.2) is 4.39 Å². The van der Waals surface area contributed by atoms with Crippen LogP contribution in [0.5, 0.6) is 0 Å². The van der Waals surface area contributed by atoms with Gasteiger partial charge < -0.3 is 5.32 Å². The molecule has 3 nitrogen and oxygen atoms in total. The van der Waals surface area contributed by atoms with Crippen LogP contribution in [0, 0.1) is 17.1 Å². The molecule has 1 amide bonds. The smallest absolute Gasteiger partial charge is 0.252 e. The Kier molecular flexibility index (Phi) is 5.11. The number of carbonyl (C=O) groups is 1. The van der Waals surface area contributed by atoms with Gasteiger partial charge in [-0.15, -0.1) is 0 Å². The Hall–Kier alpha value is -1.41. The summed E-state index contributed by atoms with van der Waals surface area (Å²) in [5, 5.41) is 11.3. The summed E-state index contributed by atoms with van der Waals surface area (Å²) in [6.45, 7) is 1.88. The summed E-state index contributed by atoms with van der Waals surface area (Å²) in [5.74, 6) is -0.842. The van der Waals surface area contributed by atoms with E-state index in [1.165, 1.54) is 18.2 Å². The molecule has 1 unspecified atom stereocenters. The Balaban J connectivity index is 2.82. The van der Waals surface area contributed by atoms with E-state index in [2.05, 4.69) is 21.2 Å². The summed E-state index contributed by atoms with van der Waals surface area (Å²) >= 11 is 3.19. The van der Waals surface area contributed by atoms with Crippen LogP contribution in [0.4, 0.5) is 4.39 Å². The largest absolute Gasteiger partial charge is 0.348 e. The molecule has 0 aromatic heterocycles. The van der Waals surface area contributed by atoms with Gasteiger partial charge in [0.2, 0.25) is 0 Å². The first-order chi connectivity index (χ1) is 8.08.